The van der Waals surface area contributed by atoms with Gasteiger partial charge in [0.15, 0.2) is 0 Å². The summed E-state index contributed by atoms with van der Waals surface area (Å²) in [5.74, 6) is 2.71. The largest absolute Gasteiger partial charge is 0.472 e. The van der Waals surface area contributed by atoms with Crippen molar-refractivity contribution in [2.75, 3.05) is 13.1 Å². The van der Waals surface area contributed by atoms with E-state index in [-0.39, 0.29) is 0 Å². The van der Waals surface area contributed by atoms with Gasteiger partial charge < -0.3 is 8.98 Å². The van der Waals surface area contributed by atoms with E-state index in [1.165, 1.54) is 35.7 Å². The summed E-state index contributed by atoms with van der Waals surface area (Å²) in [6.07, 6.45) is 6.77. The number of imidazole rings is 1. The maximum absolute atomic E-state index is 5.21. The first-order valence-corrected chi connectivity index (χ1v) is 8.70. The molecule has 0 N–H and O–H groups in total. The number of fused-ring (bicyclic) bond motifs is 2. The summed E-state index contributed by atoms with van der Waals surface area (Å²) in [6.45, 7) is 4.43. The number of aromatic nitrogens is 2. The molecule has 1 saturated heterocycles. The van der Waals surface area contributed by atoms with Crippen molar-refractivity contribution in [1.29, 1.82) is 0 Å². The van der Waals surface area contributed by atoms with Gasteiger partial charge in [-0.05, 0) is 23.5 Å². The Bertz CT molecular complexity index is 822. The molecule has 0 unspecified atom stereocenters. The van der Waals surface area contributed by atoms with Gasteiger partial charge in [-0.15, -0.1) is 0 Å². The van der Waals surface area contributed by atoms with Gasteiger partial charge in [-0.1, -0.05) is 30.3 Å². The Morgan fingerprint density at radius 3 is 2.75 bits per heavy atom. The second-order valence-corrected chi connectivity index (χ2v) is 7.09. The SMILES string of the molecule is c1ccc(-c2cnc3n2C[C@@H]2CN(Cc4ccoc4)C[C@@H]2C3)cc1. The minimum absolute atomic E-state index is 0.723. The van der Waals surface area contributed by atoms with Crippen LogP contribution in [0.3, 0.4) is 0 Å². The number of hydrogen-bond acceptors (Lipinski definition) is 3. The summed E-state index contributed by atoms with van der Waals surface area (Å²) in [4.78, 5) is 7.29. The number of likely N-dealkylation sites (tertiary alicyclic amines) is 1. The summed E-state index contributed by atoms with van der Waals surface area (Å²) >= 11 is 0. The first-order chi connectivity index (χ1) is 11.9. The molecule has 5 rings (SSSR count). The number of furan rings is 1. The number of nitrogens with zero attached hydrogens (tertiary/aromatic N) is 3. The Morgan fingerprint density at radius 2 is 1.92 bits per heavy atom. The van der Waals surface area contributed by atoms with Crippen LogP contribution in [0, 0.1) is 11.8 Å². The monoisotopic (exact) mass is 319 g/mol. The Kier molecular flexibility index (Phi) is 3.30. The molecule has 4 heteroatoms. The third kappa shape index (κ3) is 2.38. The van der Waals surface area contributed by atoms with Gasteiger partial charge in [0.25, 0.3) is 0 Å². The van der Waals surface area contributed by atoms with Crippen LogP contribution in [0.2, 0.25) is 0 Å². The summed E-state index contributed by atoms with van der Waals surface area (Å²) in [6, 6.07) is 12.7. The maximum atomic E-state index is 5.21. The van der Waals surface area contributed by atoms with Crippen LogP contribution in [0.1, 0.15) is 11.4 Å². The van der Waals surface area contributed by atoms with Gasteiger partial charge >= 0.3 is 0 Å². The fourth-order valence-corrected chi connectivity index (χ4v) is 4.33. The Morgan fingerprint density at radius 1 is 1.04 bits per heavy atom. The van der Waals surface area contributed by atoms with Gasteiger partial charge in [0.05, 0.1) is 24.4 Å². The molecule has 0 radical (unpaired) electrons. The van der Waals surface area contributed by atoms with Crippen LogP contribution in [0.15, 0.2) is 59.5 Å². The molecular weight excluding hydrogens is 298 g/mol. The van der Waals surface area contributed by atoms with E-state index in [9.17, 15) is 0 Å². The summed E-state index contributed by atoms with van der Waals surface area (Å²) < 4.78 is 7.65. The van der Waals surface area contributed by atoms with Crippen molar-refractivity contribution in [2.24, 2.45) is 11.8 Å². The van der Waals surface area contributed by atoms with Crippen molar-refractivity contribution in [3.63, 3.8) is 0 Å². The Hall–Kier alpha value is -2.33. The highest BCUT2D eigenvalue weighted by atomic mass is 16.3. The van der Waals surface area contributed by atoms with E-state index in [1.54, 1.807) is 6.26 Å². The molecule has 2 aliphatic rings. The lowest BCUT2D eigenvalue weighted by atomic mass is 9.89. The van der Waals surface area contributed by atoms with Gasteiger partial charge in [-0.2, -0.15) is 0 Å². The second-order valence-electron chi connectivity index (χ2n) is 7.09. The molecule has 0 bridgehead atoms. The van der Waals surface area contributed by atoms with E-state index in [0.29, 0.717) is 0 Å². The van der Waals surface area contributed by atoms with Crippen molar-refractivity contribution in [3.8, 4) is 11.3 Å². The minimum atomic E-state index is 0.723. The number of benzene rings is 1. The molecule has 24 heavy (non-hydrogen) atoms. The minimum Gasteiger partial charge on any atom is -0.472 e. The van der Waals surface area contributed by atoms with Crippen molar-refractivity contribution in [1.82, 2.24) is 14.5 Å². The molecule has 4 nitrogen and oxygen atoms in total. The first kappa shape index (κ1) is 14.1. The van der Waals surface area contributed by atoms with Gasteiger partial charge in [0.2, 0.25) is 0 Å². The topological polar surface area (TPSA) is 34.2 Å². The van der Waals surface area contributed by atoms with E-state index in [4.69, 9.17) is 9.40 Å². The third-order valence-corrected chi connectivity index (χ3v) is 5.51. The molecule has 2 atom stereocenters. The predicted molar refractivity (Wildman–Crippen MR) is 92.3 cm³/mol. The average Bonchev–Trinajstić information content (AvgIpc) is 3.32. The highest BCUT2D eigenvalue weighted by molar-refractivity contribution is 5.59. The fraction of sp³-hybridized carbons (Fsp3) is 0.350. The van der Waals surface area contributed by atoms with Gasteiger partial charge in [0, 0.05) is 38.2 Å². The van der Waals surface area contributed by atoms with Crippen LogP contribution in [-0.4, -0.2) is 27.5 Å². The number of hydrogen-bond donors (Lipinski definition) is 0. The number of rotatable bonds is 3. The first-order valence-electron chi connectivity index (χ1n) is 8.70. The van der Waals surface area contributed by atoms with Crippen LogP contribution >= 0.6 is 0 Å². The molecule has 3 aromatic rings. The van der Waals surface area contributed by atoms with Gasteiger partial charge in [-0.25, -0.2) is 4.98 Å². The molecule has 4 heterocycles. The molecule has 1 aromatic carbocycles. The lowest BCUT2D eigenvalue weighted by Gasteiger charge is -2.27. The molecular formula is C20H21N3O. The van der Waals surface area contributed by atoms with Crippen molar-refractivity contribution in [2.45, 2.75) is 19.5 Å². The zero-order valence-corrected chi connectivity index (χ0v) is 13.6. The second kappa shape index (κ2) is 5.64. The quantitative estimate of drug-likeness (QED) is 0.741. The molecule has 1 fully saturated rings. The fourth-order valence-electron chi connectivity index (χ4n) is 4.33. The van der Waals surface area contributed by atoms with E-state index in [2.05, 4.69) is 52.1 Å². The summed E-state index contributed by atoms with van der Waals surface area (Å²) in [7, 11) is 0. The summed E-state index contributed by atoms with van der Waals surface area (Å²) in [5, 5.41) is 0. The molecule has 0 aliphatic carbocycles. The highest BCUT2D eigenvalue weighted by Gasteiger charge is 2.37. The smallest absolute Gasteiger partial charge is 0.109 e. The summed E-state index contributed by atoms with van der Waals surface area (Å²) in [5.41, 5.74) is 3.80. The normalized spacial score (nSPS) is 23.2. The predicted octanol–water partition coefficient (Wildman–Crippen LogP) is 3.45. The molecule has 2 aromatic heterocycles. The van der Waals surface area contributed by atoms with Crippen LogP contribution in [-0.2, 0) is 19.5 Å². The van der Waals surface area contributed by atoms with Gasteiger partial charge in [0.1, 0.15) is 5.82 Å². The van der Waals surface area contributed by atoms with E-state index in [1.807, 2.05) is 6.26 Å². The van der Waals surface area contributed by atoms with Crippen LogP contribution < -0.4 is 0 Å². The Labute approximate surface area is 141 Å². The van der Waals surface area contributed by atoms with Gasteiger partial charge in [-0.3, -0.25) is 4.90 Å². The lowest BCUT2D eigenvalue weighted by molar-refractivity contribution is 0.306. The van der Waals surface area contributed by atoms with Crippen LogP contribution in [0.5, 0.6) is 0 Å². The van der Waals surface area contributed by atoms with Crippen LogP contribution in [0.25, 0.3) is 11.3 Å². The van der Waals surface area contributed by atoms with Crippen molar-refractivity contribution < 1.29 is 4.42 Å². The third-order valence-electron chi connectivity index (χ3n) is 5.51. The average molecular weight is 319 g/mol. The van der Waals surface area contributed by atoms with Crippen LogP contribution in [0.4, 0.5) is 0 Å². The highest BCUT2D eigenvalue weighted by Crippen LogP contribution is 2.35. The zero-order chi connectivity index (χ0) is 15.9. The van der Waals surface area contributed by atoms with E-state index >= 15 is 0 Å². The Balaban J connectivity index is 1.37. The molecule has 122 valence electrons. The molecule has 0 spiro atoms. The van der Waals surface area contributed by atoms with E-state index < -0.39 is 0 Å². The molecule has 2 aliphatic heterocycles. The van der Waals surface area contributed by atoms with Crippen molar-refractivity contribution >= 4 is 0 Å². The molecule has 0 saturated carbocycles. The van der Waals surface area contributed by atoms with Crippen molar-refractivity contribution in [3.05, 3.63) is 66.5 Å². The lowest BCUT2D eigenvalue weighted by Crippen LogP contribution is -2.28. The maximum Gasteiger partial charge on any atom is 0.109 e. The zero-order valence-electron chi connectivity index (χ0n) is 13.6. The van der Waals surface area contributed by atoms with E-state index in [0.717, 1.165) is 31.3 Å². The molecule has 0 amide bonds. The standard InChI is InChI=1S/C20H21N3O/c1-2-4-16(5-3-1)19-9-21-20-8-17-11-22(10-15-6-7-24-14-15)12-18(17)13-23(19)20/h1-7,9,14,17-18H,8,10-13H2/t17-,18-/m0/s1.